The van der Waals surface area contributed by atoms with Crippen LogP contribution in [0, 0.1) is 11.3 Å². The van der Waals surface area contributed by atoms with Crippen molar-refractivity contribution in [3.05, 3.63) is 77.4 Å². The van der Waals surface area contributed by atoms with Crippen molar-refractivity contribution >= 4 is 43.6 Å². The number of para-hydroxylation sites is 1. The molecule has 1 aliphatic heterocycles. The summed E-state index contributed by atoms with van der Waals surface area (Å²) in [5.74, 6) is 1.59. The lowest BCUT2D eigenvalue weighted by molar-refractivity contribution is -0.129. The van der Waals surface area contributed by atoms with E-state index in [0.717, 1.165) is 64.8 Å². The highest BCUT2D eigenvalue weighted by molar-refractivity contribution is 9.10. The maximum Gasteiger partial charge on any atom is 0.145 e. The number of halogens is 1. The maximum atomic E-state index is 13.5. The van der Waals surface area contributed by atoms with Crippen LogP contribution in [0.25, 0.3) is 44.5 Å². The predicted molar refractivity (Wildman–Crippen MR) is 148 cm³/mol. The van der Waals surface area contributed by atoms with Crippen LogP contribution in [0.2, 0.25) is 0 Å². The molecule has 5 nitrogen and oxygen atoms in total. The number of nitrogens with zero attached hydrogens (tertiary/aromatic N) is 2. The molecule has 6 heteroatoms. The van der Waals surface area contributed by atoms with Crippen molar-refractivity contribution in [2.45, 2.75) is 25.8 Å². The Labute approximate surface area is 218 Å². The molecule has 2 N–H and O–H groups in total. The maximum absolute atomic E-state index is 13.5. The quantitative estimate of drug-likeness (QED) is 0.257. The molecule has 3 heterocycles. The van der Waals surface area contributed by atoms with Gasteiger partial charge in [-0.3, -0.25) is 4.79 Å². The van der Waals surface area contributed by atoms with Gasteiger partial charge in [-0.1, -0.05) is 42.5 Å². The molecule has 2 fully saturated rings. The van der Waals surface area contributed by atoms with Crippen LogP contribution >= 0.6 is 15.9 Å². The predicted octanol–water partition coefficient (Wildman–Crippen LogP) is 6.57. The lowest BCUT2D eigenvalue weighted by Crippen LogP contribution is -2.39. The highest BCUT2D eigenvalue weighted by atomic mass is 79.9. The number of Topliss-reactive ketones (excluding diaryl/α,β-unsaturated/α-hetero) is 1. The van der Waals surface area contributed by atoms with Crippen molar-refractivity contribution in [1.29, 1.82) is 0 Å². The molecule has 36 heavy (non-hydrogen) atoms. The molecule has 2 aromatic heterocycles. The minimum absolute atomic E-state index is 0.239. The standard InChI is InChI=1S/C30H27BrN4O/c31-24-2-1-3-25-27(24)35(18-30(13-15-32-17-30)28(36)21-7-8-21)29(34-25)22-9-4-19(5-10-22)23-11-6-20-12-14-33-26(20)16-23/h1-6,9-12,14,16,21,32-33H,7-8,13,15,17-18H2/t30-/m0/s1. The summed E-state index contributed by atoms with van der Waals surface area (Å²) in [4.78, 5) is 21.9. The Morgan fingerprint density at radius 1 is 1.03 bits per heavy atom. The molecule has 5 aromatic rings. The van der Waals surface area contributed by atoms with Gasteiger partial charge in [0.25, 0.3) is 0 Å². The number of aromatic amines is 1. The van der Waals surface area contributed by atoms with Crippen LogP contribution in [0.15, 0.2) is 77.4 Å². The van der Waals surface area contributed by atoms with Crippen molar-refractivity contribution in [1.82, 2.24) is 19.9 Å². The Kier molecular flexibility index (Phi) is 5.15. The molecular weight excluding hydrogens is 512 g/mol. The zero-order valence-corrected chi connectivity index (χ0v) is 21.5. The van der Waals surface area contributed by atoms with Gasteiger partial charge in [-0.25, -0.2) is 4.98 Å². The summed E-state index contributed by atoms with van der Waals surface area (Å²) < 4.78 is 3.29. The summed E-state index contributed by atoms with van der Waals surface area (Å²) in [6.45, 7) is 2.28. The van der Waals surface area contributed by atoms with E-state index in [1.54, 1.807) is 0 Å². The lowest BCUT2D eigenvalue weighted by Gasteiger charge is -2.28. The first-order valence-corrected chi connectivity index (χ1v) is 13.5. The third kappa shape index (κ3) is 3.62. The van der Waals surface area contributed by atoms with E-state index in [9.17, 15) is 4.79 Å². The fourth-order valence-electron chi connectivity index (χ4n) is 5.80. The van der Waals surface area contributed by atoms with E-state index in [4.69, 9.17) is 4.98 Å². The van der Waals surface area contributed by atoms with Gasteiger partial charge in [-0.15, -0.1) is 0 Å². The third-order valence-electron chi connectivity index (χ3n) is 7.92. The average molecular weight is 539 g/mol. The smallest absolute Gasteiger partial charge is 0.145 e. The average Bonchev–Trinajstić information content (AvgIpc) is 3.28. The number of benzene rings is 3. The molecule has 1 atom stereocenters. The molecular formula is C30H27BrN4O. The zero-order chi connectivity index (χ0) is 24.3. The Morgan fingerprint density at radius 3 is 2.61 bits per heavy atom. The highest BCUT2D eigenvalue weighted by Crippen LogP contribution is 2.43. The second-order valence-electron chi connectivity index (χ2n) is 10.3. The Bertz CT molecular complexity index is 1600. The van der Waals surface area contributed by atoms with Crippen LogP contribution in [0.4, 0.5) is 0 Å². The molecule has 0 spiro atoms. The first-order chi connectivity index (χ1) is 17.6. The van der Waals surface area contributed by atoms with Gasteiger partial charge in [0.2, 0.25) is 0 Å². The summed E-state index contributed by atoms with van der Waals surface area (Å²) in [5.41, 5.74) is 6.17. The molecule has 7 rings (SSSR count). The number of hydrogen-bond acceptors (Lipinski definition) is 3. The summed E-state index contributed by atoms with van der Waals surface area (Å²) in [6, 6.07) is 23.4. The van der Waals surface area contributed by atoms with Crippen molar-refractivity contribution < 1.29 is 4.79 Å². The van der Waals surface area contributed by atoms with Gasteiger partial charge in [0.05, 0.1) is 16.4 Å². The second kappa shape index (κ2) is 8.43. The summed E-state index contributed by atoms with van der Waals surface area (Å²) in [6.07, 6.45) is 4.93. The molecule has 1 saturated carbocycles. The van der Waals surface area contributed by atoms with Gasteiger partial charge < -0.3 is 14.9 Å². The highest BCUT2D eigenvalue weighted by Gasteiger charge is 2.48. The van der Waals surface area contributed by atoms with Crippen LogP contribution in [-0.2, 0) is 11.3 Å². The van der Waals surface area contributed by atoms with Crippen molar-refractivity contribution in [2.24, 2.45) is 11.3 Å². The lowest BCUT2D eigenvalue weighted by atomic mass is 9.80. The Morgan fingerprint density at radius 2 is 1.83 bits per heavy atom. The number of rotatable bonds is 6. The van der Waals surface area contributed by atoms with E-state index in [1.807, 2.05) is 12.3 Å². The molecule has 3 aromatic carbocycles. The van der Waals surface area contributed by atoms with Gasteiger partial charge in [0.15, 0.2) is 0 Å². The number of carbonyl (C=O) groups excluding carboxylic acids is 1. The SMILES string of the molecule is O=C(C1CC1)[C@@]1(Cn2c(-c3ccc(-c4ccc5cc[nH]c5c4)cc3)nc3cccc(Br)c32)CCNC1. The number of ketones is 1. The van der Waals surface area contributed by atoms with E-state index in [1.165, 1.54) is 16.5 Å². The molecule has 0 amide bonds. The monoisotopic (exact) mass is 538 g/mol. The number of imidazole rings is 1. The summed E-state index contributed by atoms with van der Waals surface area (Å²) >= 11 is 3.77. The first-order valence-electron chi connectivity index (χ1n) is 12.7. The summed E-state index contributed by atoms with van der Waals surface area (Å²) in [5, 5.41) is 4.69. The number of aromatic nitrogens is 3. The molecule has 1 saturated heterocycles. The third-order valence-corrected chi connectivity index (χ3v) is 8.56. The van der Waals surface area contributed by atoms with Crippen molar-refractivity contribution in [3.63, 3.8) is 0 Å². The summed E-state index contributed by atoms with van der Waals surface area (Å²) in [7, 11) is 0. The fourth-order valence-corrected chi connectivity index (χ4v) is 6.37. The molecule has 180 valence electrons. The van der Waals surface area contributed by atoms with Gasteiger partial charge in [-0.2, -0.15) is 0 Å². The zero-order valence-electron chi connectivity index (χ0n) is 19.9. The van der Waals surface area contributed by atoms with Gasteiger partial charge in [0, 0.05) is 40.8 Å². The molecule has 2 aliphatic rings. The van der Waals surface area contributed by atoms with Crippen molar-refractivity contribution in [3.8, 4) is 22.5 Å². The molecule has 0 bridgehead atoms. The fraction of sp³-hybridized carbons (Fsp3) is 0.267. The Hall–Kier alpha value is -3.22. The molecule has 0 unspecified atom stereocenters. The van der Waals surface area contributed by atoms with E-state index >= 15 is 0 Å². The number of H-pyrrole nitrogens is 1. The van der Waals surface area contributed by atoms with E-state index in [2.05, 4.69) is 91.5 Å². The van der Waals surface area contributed by atoms with Crippen LogP contribution in [0.1, 0.15) is 19.3 Å². The van der Waals surface area contributed by atoms with Crippen LogP contribution < -0.4 is 5.32 Å². The van der Waals surface area contributed by atoms with E-state index in [-0.39, 0.29) is 11.3 Å². The van der Waals surface area contributed by atoms with E-state index in [0.29, 0.717) is 12.3 Å². The molecule has 0 radical (unpaired) electrons. The van der Waals surface area contributed by atoms with Gasteiger partial charge in [0.1, 0.15) is 11.6 Å². The van der Waals surface area contributed by atoms with Crippen molar-refractivity contribution in [2.75, 3.05) is 13.1 Å². The minimum atomic E-state index is -0.371. The van der Waals surface area contributed by atoms with Crippen LogP contribution in [0.5, 0.6) is 0 Å². The first kappa shape index (κ1) is 22.0. The topological polar surface area (TPSA) is 62.7 Å². The minimum Gasteiger partial charge on any atom is -0.361 e. The molecule has 1 aliphatic carbocycles. The van der Waals surface area contributed by atoms with Crippen LogP contribution in [0.3, 0.4) is 0 Å². The van der Waals surface area contributed by atoms with E-state index < -0.39 is 0 Å². The second-order valence-corrected chi connectivity index (χ2v) is 11.2. The Balaban J connectivity index is 1.31. The van der Waals surface area contributed by atoms with Gasteiger partial charge in [-0.05, 0) is 82.5 Å². The number of carbonyl (C=O) groups is 1. The number of fused-ring (bicyclic) bond motifs is 2. The number of nitrogens with one attached hydrogen (secondary N) is 2. The van der Waals surface area contributed by atoms with Gasteiger partial charge >= 0.3 is 0 Å². The normalized spacial score (nSPS) is 19.9. The number of hydrogen-bond donors (Lipinski definition) is 2. The van der Waals surface area contributed by atoms with Crippen LogP contribution in [-0.4, -0.2) is 33.4 Å². The largest absolute Gasteiger partial charge is 0.361 e.